The minimum absolute atomic E-state index is 0.112. The fourth-order valence-corrected chi connectivity index (χ4v) is 1.85. The van der Waals surface area contributed by atoms with Gasteiger partial charge in [0.15, 0.2) is 0 Å². The summed E-state index contributed by atoms with van der Waals surface area (Å²) < 4.78 is 4.63. The second-order valence-electron chi connectivity index (χ2n) is 3.71. The van der Waals surface area contributed by atoms with E-state index in [-0.39, 0.29) is 24.4 Å². The van der Waals surface area contributed by atoms with E-state index in [0.29, 0.717) is 5.56 Å². The van der Waals surface area contributed by atoms with Crippen LogP contribution in [0.4, 0.5) is 0 Å². The first-order valence-corrected chi connectivity index (χ1v) is 5.37. The lowest BCUT2D eigenvalue weighted by Gasteiger charge is -2.01. The van der Waals surface area contributed by atoms with Crippen LogP contribution in [0.3, 0.4) is 0 Å². The predicted molar refractivity (Wildman–Crippen MR) is 61.3 cm³/mol. The molecule has 1 aliphatic rings. The molecule has 88 valence electrons. The number of hydrogen-bond donors (Lipinski definition) is 1. The highest BCUT2D eigenvalue weighted by Crippen LogP contribution is 2.31. The highest BCUT2D eigenvalue weighted by atomic mass is 16.5. The Labute approximate surface area is 98.5 Å². The number of rotatable bonds is 3. The first-order chi connectivity index (χ1) is 8.15. The largest absolute Gasteiger partial charge is 0.507 e. The third-order valence-corrected chi connectivity index (χ3v) is 2.66. The van der Waals surface area contributed by atoms with E-state index in [1.54, 1.807) is 19.1 Å². The Morgan fingerprint density at radius 1 is 1.35 bits per heavy atom. The van der Waals surface area contributed by atoms with Gasteiger partial charge in [-0.15, -0.1) is 0 Å². The van der Waals surface area contributed by atoms with Gasteiger partial charge in [-0.2, -0.15) is 0 Å². The van der Waals surface area contributed by atoms with Crippen molar-refractivity contribution >= 4 is 17.5 Å². The van der Waals surface area contributed by atoms with Crippen molar-refractivity contribution in [3.8, 4) is 0 Å². The van der Waals surface area contributed by atoms with Crippen LogP contribution in [0.5, 0.6) is 0 Å². The average molecular weight is 232 g/mol. The Morgan fingerprint density at radius 2 is 2.06 bits per heavy atom. The molecule has 1 N–H and O–H groups in total. The molecule has 1 aliphatic carbocycles. The van der Waals surface area contributed by atoms with Crippen LogP contribution in [0, 0.1) is 0 Å². The van der Waals surface area contributed by atoms with Gasteiger partial charge in [0.1, 0.15) is 5.76 Å². The minimum Gasteiger partial charge on any atom is -0.507 e. The van der Waals surface area contributed by atoms with E-state index < -0.39 is 11.8 Å². The number of ketones is 1. The highest BCUT2D eigenvalue weighted by molar-refractivity contribution is 6.42. The number of aliphatic hydroxyl groups excluding tert-OH is 1. The van der Waals surface area contributed by atoms with E-state index in [2.05, 4.69) is 4.74 Å². The first kappa shape index (κ1) is 11.4. The van der Waals surface area contributed by atoms with Gasteiger partial charge in [-0.05, 0) is 12.5 Å². The van der Waals surface area contributed by atoms with Crippen LogP contribution in [0.15, 0.2) is 29.8 Å². The van der Waals surface area contributed by atoms with Crippen molar-refractivity contribution in [1.29, 1.82) is 0 Å². The molecule has 0 saturated carbocycles. The predicted octanol–water partition coefficient (Wildman–Crippen LogP) is 1.64. The lowest BCUT2D eigenvalue weighted by molar-refractivity contribution is -0.151. The molecule has 1 aromatic rings. The van der Waals surface area contributed by atoms with Crippen molar-refractivity contribution in [1.82, 2.24) is 0 Å². The number of carbonyl (C=O) groups excluding carboxylic acids is 2. The summed E-state index contributed by atoms with van der Waals surface area (Å²) in [6.45, 7) is 1.77. The van der Waals surface area contributed by atoms with Gasteiger partial charge < -0.3 is 9.84 Å². The number of esters is 1. The molecule has 0 radical (unpaired) electrons. The number of carbonyl (C=O) groups is 2. The monoisotopic (exact) mass is 232 g/mol. The molecule has 0 aromatic heterocycles. The van der Waals surface area contributed by atoms with Gasteiger partial charge in [-0.1, -0.05) is 24.3 Å². The van der Waals surface area contributed by atoms with Crippen LogP contribution >= 0.6 is 0 Å². The summed E-state index contributed by atoms with van der Waals surface area (Å²) in [7, 11) is 0. The molecule has 4 heteroatoms. The van der Waals surface area contributed by atoms with Gasteiger partial charge in [0.2, 0.25) is 0 Å². The van der Waals surface area contributed by atoms with Crippen LogP contribution in [0.25, 0.3) is 5.76 Å². The maximum atomic E-state index is 11.7. The van der Waals surface area contributed by atoms with Gasteiger partial charge in [0, 0.05) is 12.0 Å². The number of aliphatic hydroxyl groups is 1. The van der Waals surface area contributed by atoms with Crippen molar-refractivity contribution in [3.63, 3.8) is 0 Å². The van der Waals surface area contributed by atoms with Gasteiger partial charge in [-0.3, -0.25) is 4.79 Å². The molecule has 4 nitrogen and oxygen atoms in total. The molecule has 2 rings (SSSR count). The zero-order chi connectivity index (χ0) is 12.4. The Morgan fingerprint density at radius 3 is 2.71 bits per heavy atom. The molecule has 1 aromatic carbocycles. The third-order valence-electron chi connectivity index (χ3n) is 2.66. The van der Waals surface area contributed by atoms with Crippen LogP contribution in [0.2, 0.25) is 0 Å². The minimum atomic E-state index is -0.915. The van der Waals surface area contributed by atoms with Gasteiger partial charge in [-0.25, -0.2) is 4.79 Å². The van der Waals surface area contributed by atoms with E-state index in [0.717, 1.165) is 5.56 Å². The topological polar surface area (TPSA) is 63.6 Å². The molecule has 0 spiro atoms. The van der Waals surface area contributed by atoms with Crippen molar-refractivity contribution < 1.29 is 19.4 Å². The van der Waals surface area contributed by atoms with Crippen LogP contribution in [-0.4, -0.2) is 23.5 Å². The maximum Gasteiger partial charge on any atom is 0.379 e. The van der Waals surface area contributed by atoms with E-state index in [1.807, 2.05) is 12.1 Å². The number of hydrogen-bond acceptors (Lipinski definition) is 4. The van der Waals surface area contributed by atoms with E-state index in [9.17, 15) is 14.7 Å². The number of benzene rings is 1. The summed E-state index contributed by atoms with van der Waals surface area (Å²) in [5.74, 6) is -1.79. The summed E-state index contributed by atoms with van der Waals surface area (Å²) >= 11 is 0. The van der Waals surface area contributed by atoms with Crippen LogP contribution in [0.1, 0.15) is 18.1 Å². The normalized spacial score (nSPS) is 13.5. The molecule has 0 heterocycles. The number of fused-ring (bicyclic) bond motifs is 1. The van der Waals surface area contributed by atoms with E-state index >= 15 is 0 Å². The van der Waals surface area contributed by atoms with Crippen molar-refractivity contribution in [2.75, 3.05) is 6.61 Å². The summed E-state index contributed by atoms with van der Waals surface area (Å²) in [5.41, 5.74) is 1.57. The zero-order valence-corrected chi connectivity index (χ0v) is 9.40. The van der Waals surface area contributed by atoms with Crippen LogP contribution in [-0.2, 0) is 20.7 Å². The Kier molecular flexibility index (Phi) is 2.95. The molecule has 0 bridgehead atoms. The average Bonchev–Trinajstić information content (AvgIpc) is 2.67. The standard InChI is InChI=1S/C13H12O4/c1-2-17-13(16)12(15)10-7-8-5-3-4-6-9(8)11(10)14/h3-6,14H,2,7H2,1H3. The second kappa shape index (κ2) is 4.41. The third kappa shape index (κ3) is 1.93. The smallest absolute Gasteiger partial charge is 0.379 e. The zero-order valence-electron chi connectivity index (χ0n) is 9.40. The summed E-state index contributed by atoms with van der Waals surface area (Å²) in [4.78, 5) is 23.0. The fraction of sp³-hybridized carbons (Fsp3) is 0.231. The van der Waals surface area contributed by atoms with Gasteiger partial charge in [0.05, 0.1) is 12.2 Å². The Balaban J connectivity index is 2.29. The van der Waals surface area contributed by atoms with Crippen molar-refractivity contribution in [3.05, 3.63) is 41.0 Å². The fourth-order valence-electron chi connectivity index (χ4n) is 1.85. The maximum absolute atomic E-state index is 11.7. The summed E-state index contributed by atoms with van der Waals surface area (Å²) in [6, 6.07) is 7.13. The Bertz CT molecular complexity index is 514. The molecule has 17 heavy (non-hydrogen) atoms. The molecule has 0 unspecified atom stereocenters. The quantitative estimate of drug-likeness (QED) is 0.635. The second-order valence-corrected chi connectivity index (χ2v) is 3.71. The van der Waals surface area contributed by atoms with Gasteiger partial charge >= 0.3 is 5.97 Å². The first-order valence-electron chi connectivity index (χ1n) is 5.37. The molecule has 0 atom stereocenters. The number of Topliss-reactive ketones (excluding diaryl/α,β-unsaturated/α-hetero) is 1. The molecule has 0 amide bonds. The SMILES string of the molecule is CCOC(=O)C(=O)C1=C(O)c2ccccc2C1. The lowest BCUT2D eigenvalue weighted by Crippen LogP contribution is -2.20. The van der Waals surface area contributed by atoms with Gasteiger partial charge in [0.25, 0.3) is 5.78 Å². The van der Waals surface area contributed by atoms with Crippen molar-refractivity contribution in [2.24, 2.45) is 0 Å². The summed E-state index contributed by atoms with van der Waals surface area (Å²) in [6.07, 6.45) is 0.277. The Hall–Kier alpha value is -2.10. The molecular weight excluding hydrogens is 220 g/mol. The molecule has 0 aliphatic heterocycles. The van der Waals surface area contributed by atoms with Crippen molar-refractivity contribution in [2.45, 2.75) is 13.3 Å². The highest BCUT2D eigenvalue weighted by Gasteiger charge is 2.30. The number of ether oxygens (including phenoxy) is 1. The lowest BCUT2D eigenvalue weighted by atomic mass is 10.1. The van der Waals surface area contributed by atoms with E-state index in [4.69, 9.17) is 0 Å². The molecule has 0 saturated heterocycles. The van der Waals surface area contributed by atoms with Crippen LogP contribution < -0.4 is 0 Å². The van der Waals surface area contributed by atoms with E-state index in [1.165, 1.54) is 0 Å². The summed E-state index contributed by atoms with van der Waals surface area (Å²) in [5, 5.41) is 9.88. The molecular formula is C13H12O4. The molecule has 0 fully saturated rings.